The molecule has 0 aromatic carbocycles. The standard InChI is InChI=1S/C12H19N2/c1-10(2)4-3-9-14-12(7-8-13-14)11-5-6-11/h7,10-11H,3-6,9H2,1-2H3. The number of aryl methyl sites for hydroxylation is 1. The van der Waals surface area contributed by atoms with E-state index in [0.717, 1.165) is 18.4 Å². The monoisotopic (exact) mass is 191 g/mol. The lowest BCUT2D eigenvalue weighted by molar-refractivity contribution is 0.480. The van der Waals surface area contributed by atoms with E-state index in [1.54, 1.807) is 0 Å². The molecule has 2 nitrogen and oxygen atoms in total. The van der Waals surface area contributed by atoms with E-state index in [1.807, 2.05) is 0 Å². The third-order valence-electron chi connectivity index (χ3n) is 2.84. The van der Waals surface area contributed by atoms with Gasteiger partial charge in [0.2, 0.25) is 0 Å². The Balaban J connectivity index is 1.85. The molecule has 1 fully saturated rings. The third kappa shape index (κ3) is 2.37. The highest BCUT2D eigenvalue weighted by molar-refractivity contribution is 5.13. The van der Waals surface area contributed by atoms with Gasteiger partial charge in [0.05, 0.1) is 0 Å². The van der Waals surface area contributed by atoms with Crippen molar-refractivity contribution in [1.29, 1.82) is 0 Å². The highest BCUT2D eigenvalue weighted by Crippen LogP contribution is 2.39. The van der Waals surface area contributed by atoms with Crippen molar-refractivity contribution < 1.29 is 0 Å². The van der Waals surface area contributed by atoms with Crippen molar-refractivity contribution in [3.63, 3.8) is 0 Å². The number of hydrogen-bond donors (Lipinski definition) is 0. The molecule has 1 aromatic heterocycles. The van der Waals surface area contributed by atoms with Crippen LogP contribution in [0.25, 0.3) is 0 Å². The molecular weight excluding hydrogens is 172 g/mol. The van der Waals surface area contributed by atoms with Gasteiger partial charge in [-0.05, 0) is 37.7 Å². The first-order valence-corrected chi connectivity index (χ1v) is 5.71. The van der Waals surface area contributed by atoms with Gasteiger partial charge in [-0.25, -0.2) is 0 Å². The Hall–Kier alpha value is -0.790. The van der Waals surface area contributed by atoms with Crippen LogP contribution in [0.4, 0.5) is 0 Å². The zero-order chi connectivity index (χ0) is 9.97. The molecule has 1 aliphatic rings. The van der Waals surface area contributed by atoms with E-state index in [-0.39, 0.29) is 0 Å². The molecule has 0 bridgehead atoms. The Bertz CT molecular complexity index is 284. The average Bonchev–Trinajstić information content (AvgIpc) is 2.87. The van der Waals surface area contributed by atoms with E-state index in [2.05, 4.69) is 35.9 Å². The van der Waals surface area contributed by atoms with Gasteiger partial charge in [0, 0.05) is 18.2 Å². The smallest absolute Gasteiger partial charge is 0.113 e. The molecule has 1 aliphatic carbocycles. The summed E-state index contributed by atoms with van der Waals surface area (Å²) in [5, 5.41) is 4.27. The lowest BCUT2D eigenvalue weighted by Gasteiger charge is -2.07. The number of hydrogen-bond acceptors (Lipinski definition) is 1. The van der Waals surface area contributed by atoms with Crippen molar-refractivity contribution in [2.24, 2.45) is 5.92 Å². The summed E-state index contributed by atoms with van der Waals surface area (Å²) in [6.07, 6.45) is 8.21. The molecular formula is C12H19N2. The van der Waals surface area contributed by atoms with Gasteiger partial charge in [-0.3, -0.25) is 4.68 Å². The molecule has 0 amide bonds. The van der Waals surface area contributed by atoms with Crippen LogP contribution in [-0.2, 0) is 6.54 Å². The fourth-order valence-electron chi connectivity index (χ4n) is 1.83. The first-order valence-electron chi connectivity index (χ1n) is 5.71. The zero-order valence-corrected chi connectivity index (χ0v) is 9.16. The van der Waals surface area contributed by atoms with Crippen LogP contribution in [-0.4, -0.2) is 9.78 Å². The Morgan fingerprint density at radius 3 is 3.00 bits per heavy atom. The van der Waals surface area contributed by atoms with Gasteiger partial charge in [-0.15, -0.1) is 0 Å². The van der Waals surface area contributed by atoms with E-state index in [0.29, 0.717) is 0 Å². The summed E-state index contributed by atoms with van der Waals surface area (Å²) in [7, 11) is 0. The van der Waals surface area contributed by atoms with Gasteiger partial charge < -0.3 is 0 Å². The van der Waals surface area contributed by atoms with Gasteiger partial charge in [0.1, 0.15) is 6.20 Å². The van der Waals surface area contributed by atoms with Crippen LogP contribution in [0, 0.1) is 12.1 Å². The normalized spacial score (nSPS) is 16.5. The first-order chi connectivity index (χ1) is 6.77. The SMILES string of the molecule is CC(C)CCCn1n[c]cc1C1CC1. The third-order valence-corrected chi connectivity index (χ3v) is 2.84. The Morgan fingerprint density at radius 1 is 1.57 bits per heavy atom. The summed E-state index contributed by atoms with van der Waals surface area (Å²) >= 11 is 0. The maximum Gasteiger partial charge on any atom is 0.113 e. The molecule has 0 unspecified atom stereocenters. The highest BCUT2D eigenvalue weighted by atomic mass is 15.3. The van der Waals surface area contributed by atoms with Crippen LogP contribution >= 0.6 is 0 Å². The van der Waals surface area contributed by atoms with Crippen molar-refractivity contribution in [3.05, 3.63) is 18.0 Å². The van der Waals surface area contributed by atoms with Crippen molar-refractivity contribution >= 4 is 0 Å². The van der Waals surface area contributed by atoms with E-state index in [4.69, 9.17) is 0 Å². The molecule has 1 radical (unpaired) electrons. The number of aromatic nitrogens is 2. The lowest BCUT2D eigenvalue weighted by atomic mass is 10.1. The topological polar surface area (TPSA) is 17.8 Å². The minimum absolute atomic E-state index is 0.799. The fourth-order valence-corrected chi connectivity index (χ4v) is 1.83. The summed E-state index contributed by atoms with van der Waals surface area (Å²) in [6.45, 7) is 5.63. The van der Waals surface area contributed by atoms with Crippen molar-refractivity contribution in [2.45, 2.75) is 52.0 Å². The van der Waals surface area contributed by atoms with Crippen LogP contribution in [0.1, 0.15) is 51.1 Å². The molecule has 1 saturated carbocycles. The van der Waals surface area contributed by atoms with E-state index in [9.17, 15) is 0 Å². The van der Waals surface area contributed by atoms with E-state index < -0.39 is 0 Å². The summed E-state index contributed by atoms with van der Waals surface area (Å²) in [5.74, 6) is 1.60. The molecule has 2 heteroatoms. The predicted octanol–water partition coefficient (Wildman–Crippen LogP) is 3.00. The Labute approximate surface area is 86.3 Å². The van der Waals surface area contributed by atoms with Gasteiger partial charge >= 0.3 is 0 Å². The minimum atomic E-state index is 0.799. The van der Waals surface area contributed by atoms with Crippen molar-refractivity contribution in [1.82, 2.24) is 9.78 Å². The zero-order valence-electron chi connectivity index (χ0n) is 9.16. The highest BCUT2D eigenvalue weighted by Gasteiger charge is 2.26. The molecule has 2 rings (SSSR count). The van der Waals surface area contributed by atoms with Gasteiger partial charge in [-0.2, -0.15) is 5.10 Å². The Kier molecular flexibility index (Phi) is 2.90. The molecule has 1 heterocycles. The second kappa shape index (κ2) is 4.16. The molecule has 0 spiro atoms. The predicted molar refractivity (Wildman–Crippen MR) is 57.1 cm³/mol. The first kappa shape index (κ1) is 9.75. The lowest BCUT2D eigenvalue weighted by Crippen LogP contribution is -2.05. The summed E-state index contributed by atoms with van der Waals surface area (Å²) in [6, 6.07) is 2.06. The molecule has 77 valence electrons. The fraction of sp³-hybridized carbons (Fsp3) is 0.750. The van der Waals surface area contributed by atoms with Crippen molar-refractivity contribution in [3.8, 4) is 0 Å². The van der Waals surface area contributed by atoms with Gasteiger partial charge in [0.25, 0.3) is 0 Å². The maximum atomic E-state index is 4.27. The molecule has 0 atom stereocenters. The molecule has 1 aromatic rings. The average molecular weight is 191 g/mol. The second-order valence-corrected chi connectivity index (χ2v) is 4.73. The van der Waals surface area contributed by atoms with Crippen LogP contribution in [0.5, 0.6) is 0 Å². The number of rotatable bonds is 5. The van der Waals surface area contributed by atoms with Crippen LogP contribution in [0.3, 0.4) is 0 Å². The van der Waals surface area contributed by atoms with E-state index in [1.165, 1.54) is 31.4 Å². The van der Waals surface area contributed by atoms with Crippen LogP contribution in [0.15, 0.2) is 6.07 Å². The second-order valence-electron chi connectivity index (χ2n) is 4.73. The van der Waals surface area contributed by atoms with Crippen LogP contribution in [0.2, 0.25) is 0 Å². The maximum absolute atomic E-state index is 4.27. The molecule has 0 aliphatic heterocycles. The number of nitrogens with zero attached hydrogens (tertiary/aromatic N) is 2. The summed E-state index contributed by atoms with van der Waals surface area (Å²) < 4.78 is 2.15. The minimum Gasteiger partial charge on any atom is -0.269 e. The quantitative estimate of drug-likeness (QED) is 0.699. The van der Waals surface area contributed by atoms with Crippen molar-refractivity contribution in [2.75, 3.05) is 0 Å². The molecule has 14 heavy (non-hydrogen) atoms. The van der Waals surface area contributed by atoms with Gasteiger partial charge in [-0.1, -0.05) is 13.8 Å². The molecule has 0 saturated heterocycles. The largest absolute Gasteiger partial charge is 0.269 e. The van der Waals surface area contributed by atoms with Gasteiger partial charge in [0.15, 0.2) is 0 Å². The summed E-state index contributed by atoms with van der Waals surface area (Å²) in [5.41, 5.74) is 1.41. The summed E-state index contributed by atoms with van der Waals surface area (Å²) in [4.78, 5) is 0. The Morgan fingerprint density at radius 2 is 2.36 bits per heavy atom. The van der Waals surface area contributed by atoms with E-state index >= 15 is 0 Å². The molecule has 0 N–H and O–H groups in total. The van der Waals surface area contributed by atoms with Crippen LogP contribution < -0.4 is 0 Å².